The van der Waals surface area contributed by atoms with Crippen molar-refractivity contribution in [3.63, 3.8) is 0 Å². The highest BCUT2D eigenvalue weighted by molar-refractivity contribution is 7.98. The third kappa shape index (κ3) is 3.95. The Balaban J connectivity index is 1.37. The molecule has 0 unspecified atom stereocenters. The molecular weight excluding hydrogens is 393 g/mol. The lowest BCUT2D eigenvalue weighted by Gasteiger charge is -2.03. The average molecular weight is 406 g/mol. The summed E-state index contributed by atoms with van der Waals surface area (Å²) in [6.07, 6.45) is 0. The molecule has 3 aromatic heterocycles. The predicted octanol–water partition coefficient (Wildman–Crippen LogP) is 4.45. The Morgan fingerprint density at radius 1 is 1.15 bits per heavy atom. The van der Waals surface area contributed by atoms with Gasteiger partial charge in [-0.3, -0.25) is 4.79 Å². The number of thioether (sulfide) groups is 1. The number of hydrogen-bond acceptors (Lipinski definition) is 7. The smallest absolute Gasteiger partial charge is 0.260 e. The van der Waals surface area contributed by atoms with Gasteiger partial charge in [0.05, 0.1) is 11.1 Å². The molecule has 0 radical (unpaired) electrons. The van der Waals surface area contributed by atoms with Crippen molar-refractivity contribution in [1.82, 2.24) is 15.0 Å². The van der Waals surface area contributed by atoms with Crippen LogP contribution in [0.5, 0.6) is 5.75 Å². The Hall–Kier alpha value is -2.23. The number of thiazole rings is 1. The fraction of sp³-hybridized carbons (Fsp3) is 0.118. The predicted molar refractivity (Wildman–Crippen MR) is 103 cm³/mol. The number of aromatic amines is 1. The fourth-order valence-corrected chi connectivity index (χ4v) is 4.60. The molecule has 132 valence electrons. The van der Waals surface area contributed by atoms with E-state index in [-0.39, 0.29) is 11.4 Å². The number of aromatic nitrogens is 3. The number of H-pyrrole nitrogens is 1. The minimum atomic E-state index is -0.293. The molecule has 3 heterocycles. The van der Waals surface area contributed by atoms with Crippen LogP contribution in [0.4, 0.5) is 4.39 Å². The molecule has 0 atom stereocenters. The van der Waals surface area contributed by atoms with E-state index in [0.29, 0.717) is 28.7 Å². The molecule has 0 amide bonds. The summed E-state index contributed by atoms with van der Waals surface area (Å²) in [7, 11) is 0. The van der Waals surface area contributed by atoms with Crippen molar-refractivity contribution < 1.29 is 9.13 Å². The largest absolute Gasteiger partial charge is 0.486 e. The molecule has 0 aliphatic heterocycles. The van der Waals surface area contributed by atoms with Crippen LogP contribution in [0.15, 0.2) is 51.0 Å². The van der Waals surface area contributed by atoms with Crippen LogP contribution in [0.1, 0.15) is 10.7 Å². The minimum absolute atomic E-state index is 0.120. The summed E-state index contributed by atoms with van der Waals surface area (Å²) in [6.45, 7) is 0.331. The molecule has 0 aliphatic rings. The van der Waals surface area contributed by atoms with Gasteiger partial charge in [-0.15, -0.1) is 22.7 Å². The molecule has 9 heteroatoms. The van der Waals surface area contributed by atoms with Crippen molar-refractivity contribution in [2.45, 2.75) is 17.5 Å². The number of halogens is 1. The zero-order valence-corrected chi connectivity index (χ0v) is 15.7. The van der Waals surface area contributed by atoms with Crippen LogP contribution in [0.25, 0.3) is 10.2 Å². The van der Waals surface area contributed by atoms with E-state index in [4.69, 9.17) is 4.74 Å². The van der Waals surface area contributed by atoms with Crippen LogP contribution < -0.4 is 10.3 Å². The third-order valence-electron chi connectivity index (χ3n) is 3.44. The molecule has 0 fully saturated rings. The van der Waals surface area contributed by atoms with Crippen molar-refractivity contribution in [2.75, 3.05) is 0 Å². The van der Waals surface area contributed by atoms with E-state index < -0.39 is 0 Å². The van der Waals surface area contributed by atoms with Gasteiger partial charge in [-0.05, 0) is 35.7 Å². The van der Waals surface area contributed by atoms with E-state index in [1.54, 1.807) is 18.2 Å². The number of thiophene rings is 1. The molecule has 0 saturated carbocycles. The summed E-state index contributed by atoms with van der Waals surface area (Å²) in [5, 5.41) is 5.85. The first-order chi connectivity index (χ1) is 12.7. The van der Waals surface area contributed by atoms with Gasteiger partial charge in [0.25, 0.3) is 5.56 Å². The lowest BCUT2D eigenvalue weighted by Crippen LogP contribution is -2.07. The van der Waals surface area contributed by atoms with E-state index >= 15 is 0 Å². The maximum absolute atomic E-state index is 12.9. The SMILES string of the molecule is O=c1[nH]c(SCc2csc(COc3ccc(F)cc3)n2)nc2sccc12. The number of nitrogens with one attached hydrogen (secondary N) is 1. The van der Waals surface area contributed by atoms with Gasteiger partial charge in [0, 0.05) is 11.1 Å². The Bertz CT molecular complexity index is 1090. The topological polar surface area (TPSA) is 67.9 Å². The van der Waals surface area contributed by atoms with E-state index in [9.17, 15) is 9.18 Å². The number of nitrogens with zero attached hydrogens (tertiary/aromatic N) is 2. The Morgan fingerprint density at radius 2 is 2.00 bits per heavy atom. The van der Waals surface area contributed by atoms with Crippen molar-refractivity contribution in [2.24, 2.45) is 0 Å². The monoisotopic (exact) mass is 405 g/mol. The van der Waals surface area contributed by atoms with Crippen LogP contribution in [-0.4, -0.2) is 15.0 Å². The number of hydrogen-bond donors (Lipinski definition) is 1. The van der Waals surface area contributed by atoms with Gasteiger partial charge in [-0.2, -0.15) is 0 Å². The zero-order valence-electron chi connectivity index (χ0n) is 13.3. The number of benzene rings is 1. The van der Waals surface area contributed by atoms with Gasteiger partial charge >= 0.3 is 0 Å². The molecule has 26 heavy (non-hydrogen) atoms. The molecular formula is C17H12FN3O2S3. The molecule has 4 aromatic rings. The summed E-state index contributed by atoms with van der Waals surface area (Å²) < 4.78 is 18.5. The van der Waals surface area contributed by atoms with Crippen LogP contribution in [0, 0.1) is 5.82 Å². The minimum Gasteiger partial charge on any atom is -0.486 e. The van der Waals surface area contributed by atoms with Crippen molar-refractivity contribution in [1.29, 1.82) is 0 Å². The maximum atomic E-state index is 12.9. The van der Waals surface area contributed by atoms with Crippen molar-refractivity contribution in [3.05, 3.63) is 68.0 Å². The van der Waals surface area contributed by atoms with Gasteiger partial charge in [0.1, 0.15) is 28.0 Å². The zero-order chi connectivity index (χ0) is 17.9. The van der Waals surface area contributed by atoms with Crippen molar-refractivity contribution >= 4 is 44.7 Å². The first kappa shape index (κ1) is 17.2. The first-order valence-electron chi connectivity index (χ1n) is 7.59. The quantitative estimate of drug-likeness (QED) is 0.379. The van der Waals surface area contributed by atoms with E-state index in [2.05, 4.69) is 15.0 Å². The summed E-state index contributed by atoms with van der Waals surface area (Å²) in [6, 6.07) is 7.66. The number of fused-ring (bicyclic) bond motifs is 1. The van der Waals surface area contributed by atoms with Crippen LogP contribution in [0.2, 0.25) is 0 Å². The fourth-order valence-electron chi connectivity index (χ4n) is 2.21. The highest BCUT2D eigenvalue weighted by Gasteiger charge is 2.08. The molecule has 0 saturated heterocycles. The van der Waals surface area contributed by atoms with Gasteiger partial charge in [-0.25, -0.2) is 14.4 Å². The second kappa shape index (κ2) is 7.56. The molecule has 1 aromatic carbocycles. The Morgan fingerprint density at radius 3 is 2.85 bits per heavy atom. The lowest BCUT2D eigenvalue weighted by molar-refractivity contribution is 0.305. The van der Waals surface area contributed by atoms with Gasteiger partial charge < -0.3 is 9.72 Å². The average Bonchev–Trinajstić information content (AvgIpc) is 3.29. The summed E-state index contributed by atoms with van der Waals surface area (Å²) in [5.74, 6) is 0.911. The summed E-state index contributed by atoms with van der Waals surface area (Å²) >= 11 is 4.39. The van der Waals surface area contributed by atoms with Gasteiger partial charge in [-0.1, -0.05) is 11.8 Å². The van der Waals surface area contributed by atoms with E-state index in [1.165, 1.54) is 46.6 Å². The standard InChI is InChI=1S/C17H12FN3O2S3/c18-10-1-3-12(4-2-10)23-7-14-19-11(8-25-14)9-26-17-20-15(22)13-5-6-24-16(13)21-17/h1-6,8H,7,9H2,(H,20,21,22). The van der Waals surface area contributed by atoms with E-state index in [1.807, 2.05) is 10.8 Å². The summed E-state index contributed by atoms with van der Waals surface area (Å²) in [4.78, 5) is 24.4. The van der Waals surface area contributed by atoms with Gasteiger partial charge in [0.15, 0.2) is 5.16 Å². The summed E-state index contributed by atoms with van der Waals surface area (Å²) in [5.41, 5.74) is 0.775. The molecule has 0 aliphatic carbocycles. The number of rotatable bonds is 6. The third-order valence-corrected chi connectivity index (χ3v) is 6.03. The lowest BCUT2D eigenvalue weighted by atomic mass is 10.3. The molecule has 0 spiro atoms. The molecule has 5 nitrogen and oxygen atoms in total. The van der Waals surface area contributed by atoms with Crippen LogP contribution in [0.3, 0.4) is 0 Å². The second-order valence-corrected chi connectivity index (χ2v) is 8.08. The van der Waals surface area contributed by atoms with E-state index in [0.717, 1.165) is 15.5 Å². The van der Waals surface area contributed by atoms with Crippen molar-refractivity contribution in [3.8, 4) is 5.75 Å². The van der Waals surface area contributed by atoms with Crippen LogP contribution >= 0.6 is 34.4 Å². The molecule has 1 N–H and O–H groups in total. The molecule has 0 bridgehead atoms. The highest BCUT2D eigenvalue weighted by Crippen LogP contribution is 2.23. The highest BCUT2D eigenvalue weighted by atomic mass is 32.2. The second-order valence-electron chi connectivity index (χ2n) is 5.27. The maximum Gasteiger partial charge on any atom is 0.260 e. The number of ether oxygens (including phenoxy) is 1. The Labute approximate surface area is 159 Å². The Kier molecular flexibility index (Phi) is 5.00. The van der Waals surface area contributed by atoms with Crippen LogP contribution in [-0.2, 0) is 12.4 Å². The molecule has 4 rings (SSSR count). The normalized spacial score (nSPS) is 11.1. The first-order valence-corrected chi connectivity index (χ1v) is 10.3. The van der Waals surface area contributed by atoms with Gasteiger partial charge in [0.2, 0.25) is 0 Å².